The van der Waals surface area contributed by atoms with E-state index in [-0.39, 0.29) is 6.07 Å². The Balaban J connectivity index is 2.11. The van der Waals surface area contributed by atoms with Gasteiger partial charge in [0, 0.05) is 11.6 Å². The average molecular weight is 516 g/mol. The molecule has 192 valence electrons. The molecule has 0 spiro atoms. The molecule has 0 aliphatic heterocycles. The Labute approximate surface area is 199 Å². The number of aliphatic carboxylic acids is 1. The van der Waals surface area contributed by atoms with E-state index in [1.54, 1.807) is 0 Å². The van der Waals surface area contributed by atoms with Crippen LogP contribution in [0, 0.1) is 17.5 Å². The molecular weight excluding hydrogens is 498 g/mol. The second-order valence-electron chi connectivity index (χ2n) is 7.84. The Morgan fingerprint density at radius 2 is 1.78 bits per heavy atom. The summed E-state index contributed by atoms with van der Waals surface area (Å²) in [5.74, 6) is -6.84. The quantitative estimate of drug-likeness (QED) is 0.446. The first-order chi connectivity index (χ1) is 16.7. The molecule has 36 heavy (non-hydrogen) atoms. The number of carbonyl (C=O) groups is 2. The third-order valence-electron chi connectivity index (χ3n) is 5.52. The molecule has 2 aromatic carbocycles. The van der Waals surface area contributed by atoms with Crippen LogP contribution < -0.4 is 0 Å². The minimum absolute atomic E-state index is 0.0676. The summed E-state index contributed by atoms with van der Waals surface area (Å²) in [4.78, 5) is 28.8. The normalized spacial score (nSPS) is 14.2. The van der Waals surface area contributed by atoms with Gasteiger partial charge in [-0.3, -0.25) is 9.59 Å². The highest BCUT2D eigenvalue weighted by atomic mass is 19.4. The summed E-state index contributed by atoms with van der Waals surface area (Å²) in [5.41, 5.74) is -5.34. The van der Waals surface area contributed by atoms with Gasteiger partial charge >= 0.3 is 12.1 Å². The van der Waals surface area contributed by atoms with Crippen molar-refractivity contribution < 1.29 is 46.1 Å². The van der Waals surface area contributed by atoms with Crippen molar-refractivity contribution in [2.75, 3.05) is 6.54 Å². The van der Waals surface area contributed by atoms with Gasteiger partial charge in [0.15, 0.2) is 0 Å². The lowest BCUT2D eigenvalue weighted by Gasteiger charge is -2.40. The molecule has 14 heteroatoms. The number of carboxylic acids is 1. The van der Waals surface area contributed by atoms with Crippen molar-refractivity contribution in [2.24, 2.45) is 0 Å². The number of aliphatic hydroxyl groups is 1. The summed E-state index contributed by atoms with van der Waals surface area (Å²) in [6.45, 7) is -0.652. The van der Waals surface area contributed by atoms with Crippen LogP contribution in [0.4, 0.5) is 26.3 Å². The zero-order chi connectivity index (χ0) is 26.8. The molecule has 0 saturated heterocycles. The number of nitrogens with zero attached hydrogens (tertiary/aromatic N) is 4. The van der Waals surface area contributed by atoms with Gasteiger partial charge in [-0.05, 0) is 31.2 Å². The van der Waals surface area contributed by atoms with E-state index >= 15 is 0 Å². The smallest absolute Gasteiger partial charge is 0.416 e. The molecule has 3 aromatic rings. The topological polar surface area (TPSA) is 109 Å². The Bertz CT molecular complexity index is 1270. The SMILES string of the molecule is C[C@@H](N(CC(=O)O)C(=O)c1ccc(C(F)(F)F)cc1F)[C@](O)(Cn1cncn1)c1ccc(F)cc1F. The monoisotopic (exact) mass is 516 g/mol. The Hall–Kier alpha value is -3.94. The van der Waals surface area contributed by atoms with E-state index in [0.29, 0.717) is 23.1 Å². The Morgan fingerprint density at radius 1 is 1.08 bits per heavy atom. The first kappa shape index (κ1) is 26.7. The van der Waals surface area contributed by atoms with Gasteiger partial charge in [-0.1, -0.05) is 6.07 Å². The molecule has 1 amide bonds. The molecule has 0 unspecified atom stereocenters. The molecule has 1 aromatic heterocycles. The molecule has 0 radical (unpaired) electrons. The predicted octanol–water partition coefficient (Wildman–Crippen LogP) is 3.22. The van der Waals surface area contributed by atoms with Crippen LogP contribution in [0.3, 0.4) is 0 Å². The number of halogens is 6. The van der Waals surface area contributed by atoms with Gasteiger partial charge < -0.3 is 15.1 Å². The summed E-state index contributed by atoms with van der Waals surface area (Å²) in [7, 11) is 0. The van der Waals surface area contributed by atoms with E-state index in [4.69, 9.17) is 0 Å². The minimum atomic E-state index is -4.91. The van der Waals surface area contributed by atoms with E-state index in [1.807, 2.05) is 0 Å². The molecule has 0 bridgehead atoms. The second kappa shape index (κ2) is 9.97. The number of carboxylic acid groups (broad SMARTS) is 1. The van der Waals surface area contributed by atoms with Crippen LogP contribution in [0.25, 0.3) is 0 Å². The zero-order valence-electron chi connectivity index (χ0n) is 18.4. The third-order valence-corrected chi connectivity index (χ3v) is 5.52. The first-order valence-corrected chi connectivity index (χ1v) is 10.1. The maximum atomic E-state index is 14.8. The second-order valence-corrected chi connectivity index (χ2v) is 7.84. The zero-order valence-corrected chi connectivity index (χ0v) is 18.4. The van der Waals surface area contributed by atoms with Gasteiger partial charge in [0.1, 0.15) is 42.3 Å². The molecular formula is C22H18F6N4O4. The minimum Gasteiger partial charge on any atom is -0.480 e. The van der Waals surface area contributed by atoms with Crippen LogP contribution in [-0.4, -0.2) is 54.3 Å². The number of alkyl halides is 3. The molecule has 8 nitrogen and oxygen atoms in total. The van der Waals surface area contributed by atoms with E-state index in [2.05, 4.69) is 10.1 Å². The van der Waals surface area contributed by atoms with Crippen molar-refractivity contribution in [3.8, 4) is 0 Å². The number of hydrogen-bond donors (Lipinski definition) is 2. The van der Waals surface area contributed by atoms with Crippen LogP contribution in [0.15, 0.2) is 49.1 Å². The molecule has 3 rings (SSSR count). The third kappa shape index (κ3) is 5.48. The number of rotatable bonds is 8. The molecule has 1 heterocycles. The lowest BCUT2D eigenvalue weighted by molar-refractivity contribution is -0.140. The van der Waals surface area contributed by atoms with E-state index in [0.717, 1.165) is 36.4 Å². The van der Waals surface area contributed by atoms with Gasteiger partial charge in [-0.2, -0.15) is 18.3 Å². The molecule has 0 aliphatic rings. The van der Waals surface area contributed by atoms with Crippen LogP contribution in [-0.2, 0) is 23.1 Å². The summed E-state index contributed by atoms with van der Waals surface area (Å²) in [6, 6.07) is 1.51. The lowest BCUT2D eigenvalue weighted by atomic mass is 9.85. The Kier molecular flexibility index (Phi) is 7.38. The summed E-state index contributed by atoms with van der Waals surface area (Å²) in [6.07, 6.45) is -2.71. The number of hydrogen-bond acceptors (Lipinski definition) is 5. The standard InChI is InChI=1S/C22H18F6N4O4/c1-12(21(36,9-31-11-29-10-30-31)16-5-3-14(23)7-18(16)25)32(8-19(33)34)20(35)15-4-2-13(6-17(15)24)22(26,27)28/h2-7,10-12,36H,8-9H2,1H3,(H,33,34)/t12-,21-/m1/s1. The summed E-state index contributed by atoms with van der Waals surface area (Å²) in [5, 5.41) is 24.8. The summed E-state index contributed by atoms with van der Waals surface area (Å²) < 4.78 is 82.6. The van der Waals surface area contributed by atoms with E-state index in [1.165, 1.54) is 0 Å². The maximum absolute atomic E-state index is 14.8. The highest BCUT2D eigenvalue weighted by Crippen LogP contribution is 2.34. The fraction of sp³-hybridized carbons (Fsp3) is 0.273. The molecule has 2 N–H and O–H groups in total. The van der Waals surface area contributed by atoms with Crippen molar-refractivity contribution in [3.63, 3.8) is 0 Å². The molecule has 0 fully saturated rings. The molecule has 0 saturated carbocycles. The van der Waals surface area contributed by atoms with Crippen molar-refractivity contribution in [1.29, 1.82) is 0 Å². The number of amides is 1. The van der Waals surface area contributed by atoms with Gasteiger partial charge in [-0.25, -0.2) is 22.8 Å². The fourth-order valence-electron chi connectivity index (χ4n) is 3.65. The largest absolute Gasteiger partial charge is 0.480 e. The number of aromatic nitrogens is 3. The predicted molar refractivity (Wildman–Crippen MR) is 110 cm³/mol. The first-order valence-electron chi connectivity index (χ1n) is 10.1. The van der Waals surface area contributed by atoms with Gasteiger partial charge in [-0.15, -0.1) is 0 Å². The van der Waals surface area contributed by atoms with Crippen molar-refractivity contribution >= 4 is 11.9 Å². The van der Waals surface area contributed by atoms with E-state index in [9.17, 15) is 46.1 Å². The maximum Gasteiger partial charge on any atom is 0.416 e. The number of carbonyl (C=O) groups excluding carboxylic acids is 1. The summed E-state index contributed by atoms with van der Waals surface area (Å²) >= 11 is 0. The lowest BCUT2D eigenvalue weighted by Crippen LogP contribution is -2.55. The highest BCUT2D eigenvalue weighted by molar-refractivity contribution is 5.96. The van der Waals surface area contributed by atoms with Gasteiger partial charge in [0.2, 0.25) is 0 Å². The van der Waals surface area contributed by atoms with Crippen molar-refractivity contribution in [3.05, 3.63) is 83.2 Å². The van der Waals surface area contributed by atoms with E-state index < -0.39 is 76.9 Å². The highest BCUT2D eigenvalue weighted by Gasteiger charge is 2.45. The van der Waals surface area contributed by atoms with Crippen LogP contribution in [0.1, 0.15) is 28.4 Å². The van der Waals surface area contributed by atoms with Crippen LogP contribution in [0.5, 0.6) is 0 Å². The van der Waals surface area contributed by atoms with Crippen LogP contribution in [0.2, 0.25) is 0 Å². The average Bonchev–Trinajstić information content (AvgIpc) is 3.28. The molecule has 0 aliphatic carbocycles. The molecule has 2 atom stereocenters. The van der Waals surface area contributed by atoms with Gasteiger partial charge in [0.05, 0.1) is 23.7 Å². The fourth-order valence-corrected chi connectivity index (χ4v) is 3.65. The Morgan fingerprint density at radius 3 is 2.31 bits per heavy atom. The van der Waals surface area contributed by atoms with Crippen LogP contribution >= 0.6 is 0 Å². The van der Waals surface area contributed by atoms with Crippen molar-refractivity contribution in [1.82, 2.24) is 19.7 Å². The van der Waals surface area contributed by atoms with Gasteiger partial charge in [0.25, 0.3) is 5.91 Å². The van der Waals surface area contributed by atoms with Crippen molar-refractivity contribution in [2.45, 2.75) is 31.3 Å². The number of benzene rings is 2.